The Bertz CT molecular complexity index is 208. The molecule has 1 nitrogen and oxygen atoms in total. The summed E-state index contributed by atoms with van der Waals surface area (Å²) < 4.78 is 35.9. The van der Waals surface area contributed by atoms with Crippen LogP contribution in [0.15, 0.2) is 0 Å². The Morgan fingerprint density at radius 3 is 2.07 bits per heavy atom. The van der Waals surface area contributed by atoms with E-state index in [1.807, 2.05) is 4.90 Å². The van der Waals surface area contributed by atoms with E-state index >= 15 is 0 Å². The van der Waals surface area contributed by atoms with Crippen LogP contribution in [0.5, 0.6) is 0 Å². The van der Waals surface area contributed by atoms with Crippen molar-refractivity contribution >= 4 is 6.98 Å². The van der Waals surface area contributed by atoms with Gasteiger partial charge in [-0.05, 0) is 24.8 Å². The van der Waals surface area contributed by atoms with Crippen molar-refractivity contribution in [2.45, 2.75) is 32.0 Å². The normalized spacial score (nSPS) is 25.0. The average molecular weight is 245 g/mol. The molecule has 1 aliphatic heterocycles. The third-order valence-corrected chi connectivity index (χ3v) is 3.55. The molecular formula is C9H16BF3KN. The van der Waals surface area contributed by atoms with Crippen molar-refractivity contribution in [3.63, 3.8) is 0 Å². The first-order valence-electron chi connectivity index (χ1n) is 5.43. The molecule has 0 amide bonds. The molecule has 0 radical (unpaired) electrons. The monoisotopic (exact) mass is 245 g/mol. The van der Waals surface area contributed by atoms with Crippen molar-refractivity contribution in [3.8, 4) is 0 Å². The quantitative estimate of drug-likeness (QED) is 0.618. The van der Waals surface area contributed by atoms with Crippen LogP contribution < -0.4 is 51.4 Å². The summed E-state index contributed by atoms with van der Waals surface area (Å²) in [5.74, 6) is 0. The Hall–Kier alpha value is 1.45. The van der Waals surface area contributed by atoms with Gasteiger partial charge in [-0.2, -0.15) is 0 Å². The molecule has 0 atom stereocenters. The van der Waals surface area contributed by atoms with Gasteiger partial charge in [0.1, 0.15) is 0 Å². The number of halogens is 3. The molecule has 0 N–H and O–H groups in total. The summed E-state index contributed by atoms with van der Waals surface area (Å²) >= 11 is 0. The summed E-state index contributed by atoms with van der Waals surface area (Å²) in [6.45, 7) is -2.52. The van der Waals surface area contributed by atoms with Crippen molar-refractivity contribution in [1.82, 2.24) is 4.90 Å². The fraction of sp³-hybridized carbons (Fsp3) is 1.00. The zero-order valence-corrected chi connectivity index (χ0v) is 12.4. The van der Waals surface area contributed by atoms with Crippen LogP contribution in [0.4, 0.5) is 12.9 Å². The van der Waals surface area contributed by atoms with E-state index in [-0.39, 0.29) is 57.9 Å². The van der Waals surface area contributed by atoms with Gasteiger partial charge in [0.2, 0.25) is 0 Å². The van der Waals surface area contributed by atoms with E-state index in [2.05, 4.69) is 0 Å². The van der Waals surface area contributed by atoms with Gasteiger partial charge in [0.05, 0.1) is 0 Å². The van der Waals surface area contributed by atoms with Crippen LogP contribution >= 0.6 is 0 Å². The molecular weight excluding hydrogens is 229 g/mol. The van der Waals surface area contributed by atoms with Crippen LogP contribution in [0.3, 0.4) is 0 Å². The van der Waals surface area contributed by atoms with Gasteiger partial charge in [0, 0.05) is 13.1 Å². The molecule has 2 fully saturated rings. The molecule has 15 heavy (non-hydrogen) atoms. The first-order valence-corrected chi connectivity index (χ1v) is 5.43. The van der Waals surface area contributed by atoms with Gasteiger partial charge in [-0.25, -0.2) is 0 Å². The van der Waals surface area contributed by atoms with Gasteiger partial charge in [-0.3, -0.25) is 0 Å². The SMILES string of the molecule is F[B-](F)(F)CCN1CC2(CCCC2)C1.[K+]. The minimum absolute atomic E-state index is 0. The van der Waals surface area contributed by atoms with Crippen molar-refractivity contribution < 1.29 is 64.3 Å². The van der Waals surface area contributed by atoms with Crippen LogP contribution in [-0.2, 0) is 0 Å². The number of hydrogen-bond donors (Lipinski definition) is 0. The summed E-state index contributed by atoms with van der Waals surface area (Å²) in [4.78, 5) is 1.96. The predicted molar refractivity (Wildman–Crippen MR) is 51.2 cm³/mol. The summed E-state index contributed by atoms with van der Waals surface area (Å²) in [5.41, 5.74) is 0.429. The second-order valence-corrected chi connectivity index (χ2v) is 4.92. The molecule has 1 spiro atoms. The Kier molecular flexibility index (Phi) is 5.22. The molecule has 82 valence electrons. The van der Waals surface area contributed by atoms with Gasteiger partial charge in [-0.15, -0.1) is 0 Å². The van der Waals surface area contributed by atoms with Gasteiger partial charge >= 0.3 is 58.4 Å². The van der Waals surface area contributed by atoms with Crippen LogP contribution in [0.1, 0.15) is 25.7 Å². The first kappa shape index (κ1) is 14.5. The molecule has 2 rings (SSSR count). The largest absolute Gasteiger partial charge is 1.00 e. The molecule has 2 aliphatic rings. The third-order valence-electron chi connectivity index (χ3n) is 3.55. The maximum absolute atomic E-state index is 12.0. The van der Waals surface area contributed by atoms with Crippen LogP contribution in [0.2, 0.25) is 6.32 Å². The number of hydrogen-bond acceptors (Lipinski definition) is 1. The van der Waals surface area contributed by atoms with Crippen LogP contribution in [-0.4, -0.2) is 31.5 Å². The van der Waals surface area contributed by atoms with E-state index in [1.165, 1.54) is 25.7 Å². The van der Waals surface area contributed by atoms with E-state index in [0.717, 1.165) is 13.1 Å². The molecule has 0 aromatic rings. The van der Waals surface area contributed by atoms with E-state index in [1.54, 1.807) is 0 Å². The summed E-state index contributed by atoms with van der Waals surface area (Å²) in [5, 5.41) is 0. The van der Waals surface area contributed by atoms with Gasteiger partial charge < -0.3 is 17.8 Å². The Balaban J connectivity index is 0.00000112. The number of rotatable bonds is 3. The number of nitrogens with zero attached hydrogens (tertiary/aromatic N) is 1. The van der Waals surface area contributed by atoms with Gasteiger partial charge in [0.25, 0.3) is 0 Å². The Morgan fingerprint density at radius 2 is 1.60 bits per heavy atom. The molecule has 1 saturated carbocycles. The summed E-state index contributed by atoms with van der Waals surface area (Å²) in [6, 6.07) is 0. The summed E-state index contributed by atoms with van der Waals surface area (Å²) in [7, 11) is 0. The molecule has 1 saturated heterocycles. The fourth-order valence-corrected chi connectivity index (χ4v) is 2.83. The van der Waals surface area contributed by atoms with Crippen LogP contribution in [0.25, 0.3) is 0 Å². The Labute approximate surface area is 132 Å². The van der Waals surface area contributed by atoms with Crippen molar-refractivity contribution in [2.24, 2.45) is 5.41 Å². The van der Waals surface area contributed by atoms with E-state index < -0.39 is 13.3 Å². The predicted octanol–water partition coefficient (Wildman–Crippen LogP) is -0.286. The minimum atomic E-state index is -4.58. The maximum Gasteiger partial charge on any atom is 1.00 e. The summed E-state index contributed by atoms with van der Waals surface area (Å²) in [6.07, 6.45) is 4.44. The molecule has 0 aromatic carbocycles. The third kappa shape index (κ3) is 4.00. The molecule has 0 unspecified atom stereocenters. The first-order chi connectivity index (χ1) is 6.49. The molecule has 0 aromatic heterocycles. The van der Waals surface area contributed by atoms with E-state index in [0.29, 0.717) is 5.41 Å². The van der Waals surface area contributed by atoms with Crippen molar-refractivity contribution in [3.05, 3.63) is 0 Å². The molecule has 1 aliphatic carbocycles. The standard InChI is InChI=1S/C9H16BF3N.K/c11-10(12,13)5-6-14-7-9(8-14)3-1-2-4-9;/h1-8H2;/q-1;+1. The Morgan fingerprint density at radius 1 is 1.07 bits per heavy atom. The topological polar surface area (TPSA) is 3.24 Å². The smallest absolute Gasteiger partial charge is 0.449 e. The average Bonchev–Trinajstić information content (AvgIpc) is 2.44. The van der Waals surface area contributed by atoms with Gasteiger partial charge in [-0.1, -0.05) is 19.2 Å². The molecule has 6 heteroatoms. The van der Waals surface area contributed by atoms with Crippen molar-refractivity contribution in [2.75, 3.05) is 19.6 Å². The van der Waals surface area contributed by atoms with E-state index in [9.17, 15) is 12.9 Å². The van der Waals surface area contributed by atoms with Crippen LogP contribution in [0, 0.1) is 5.41 Å². The molecule has 1 heterocycles. The fourth-order valence-electron chi connectivity index (χ4n) is 2.83. The number of likely N-dealkylation sites (tertiary alicyclic amines) is 1. The van der Waals surface area contributed by atoms with Gasteiger partial charge in [0.15, 0.2) is 0 Å². The second-order valence-electron chi connectivity index (χ2n) is 4.92. The molecule has 0 bridgehead atoms. The maximum atomic E-state index is 12.0. The van der Waals surface area contributed by atoms with E-state index in [4.69, 9.17) is 0 Å². The zero-order valence-electron chi connectivity index (χ0n) is 9.32. The van der Waals surface area contributed by atoms with Crippen molar-refractivity contribution in [1.29, 1.82) is 0 Å². The minimum Gasteiger partial charge on any atom is -0.449 e. The zero-order chi connectivity index (χ0) is 10.2. The second kappa shape index (κ2) is 5.40.